The Bertz CT molecular complexity index is 510. The molecule has 0 spiro atoms. The third-order valence-electron chi connectivity index (χ3n) is 1.76. The molecule has 0 unspecified atom stereocenters. The fourth-order valence-electron chi connectivity index (χ4n) is 1.16. The van der Waals surface area contributed by atoms with Crippen LogP contribution in [-0.4, -0.2) is 4.98 Å². The highest BCUT2D eigenvalue weighted by molar-refractivity contribution is 5.77. The average Bonchev–Trinajstić information content (AvgIpc) is 2.02. The maximum Gasteiger partial charge on any atom is 0.442 e. The van der Waals surface area contributed by atoms with E-state index in [2.05, 4.69) is 9.40 Å². The Morgan fingerprint density at radius 1 is 1.38 bits per heavy atom. The van der Waals surface area contributed by atoms with Crippen molar-refractivity contribution in [2.75, 3.05) is 0 Å². The van der Waals surface area contributed by atoms with Crippen molar-refractivity contribution in [3.05, 3.63) is 34.2 Å². The van der Waals surface area contributed by atoms with Crippen molar-refractivity contribution in [1.29, 1.82) is 0 Å². The minimum Gasteiger partial charge on any atom is -0.371 e. The van der Waals surface area contributed by atoms with Gasteiger partial charge in [0, 0.05) is 0 Å². The zero-order valence-corrected chi connectivity index (χ0v) is 6.90. The fourth-order valence-corrected chi connectivity index (χ4v) is 1.16. The number of aryl methyl sites for hydroxylation is 1. The first kappa shape index (κ1) is 7.79. The van der Waals surface area contributed by atoms with Crippen LogP contribution in [0.3, 0.4) is 0 Å². The van der Waals surface area contributed by atoms with Gasteiger partial charge in [-0.25, -0.2) is 9.90 Å². The first-order chi connectivity index (χ1) is 6.16. The van der Waals surface area contributed by atoms with Gasteiger partial charge in [-0.15, -0.1) is 0 Å². The summed E-state index contributed by atoms with van der Waals surface area (Å²) in [5.41, 5.74) is 0.709. The van der Waals surface area contributed by atoms with Crippen molar-refractivity contribution < 1.29 is 9.52 Å². The van der Waals surface area contributed by atoms with Gasteiger partial charge in [-0.05, 0) is 24.6 Å². The minimum absolute atomic E-state index is 0.338. The van der Waals surface area contributed by atoms with Gasteiger partial charge >= 0.3 is 11.7 Å². The standard InChI is InChI=1S/C9H6NO3/c1-5-2-3-6-7(4-5)10-9(12)13-8(6)11/h2-4H,1H3. The van der Waals surface area contributed by atoms with Crippen LogP contribution in [0.2, 0.25) is 0 Å². The molecule has 0 amide bonds. The molecule has 0 saturated carbocycles. The Morgan fingerprint density at radius 3 is 2.92 bits per heavy atom. The van der Waals surface area contributed by atoms with Gasteiger partial charge in [0.2, 0.25) is 0 Å². The topological polar surface area (TPSA) is 63.0 Å². The third-order valence-corrected chi connectivity index (χ3v) is 1.76. The zero-order chi connectivity index (χ0) is 9.42. The van der Waals surface area contributed by atoms with Crippen molar-refractivity contribution in [3.63, 3.8) is 0 Å². The molecular formula is C9H6NO3. The molecule has 0 fully saturated rings. The van der Waals surface area contributed by atoms with Crippen LogP contribution in [0, 0.1) is 6.92 Å². The first-order valence-corrected chi connectivity index (χ1v) is 3.75. The van der Waals surface area contributed by atoms with E-state index in [1.54, 1.807) is 18.2 Å². The second-order valence-corrected chi connectivity index (χ2v) is 2.79. The summed E-state index contributed by atoms with van der Waals surface area (Å²) < 4.78 is 4.31. The van der Waals surface area contributed by atoms with E-state index in [1.807, 2.05) is 6.92 Å². The van der Waals surface area contributed by atoms with E-state index in [0.29, 0.717) is 10.9 Å². The number of hydrogen-bond acceptors (Lipinski definition) is 3. The minimum atomic E-state index is -0.844. The first-order valence-electron chi connectivity index (χ1n) is 3.75. The molecule has 0 aliphatic carbocycles. The summed E-state index contributed by atoms with van der Waals surface area (Å²) in [6.07, 6.45) is -0.844. The molecule has 1 radical (unpaired) electrons. The molecular weight excluding hydrogens is 170 g/mol. The molecule has 2 rings (SSSR count). The molecule has 0 aliphatic heterocycles. The Kier molecular flexibility index (Phi) is 1.55. The van der Waals surface area contributed by atoms with Crippen molar-refractivity contribution in [1.82, 2.24) is 4.98 Å². The van der Waals surface area contributed by atoms with Gasteiger partial charge in [0.25, 0.3) is 0 Å². The van der Waals surface area contributed by atoms with Crippen LogP contribution in [0.1, 0.15) is 5.56 Å². The fraction of sp³-hybridized carbons (Fsp3) is 0.111. The third kappa shape index (κ3) is 1.26. The number of nitrogens with zero attached hydrogens (tertiary/aromatic N) is 1. The predicted octanol–water partition coefficient (Wildman–Crippen LogP) is 1.64. The van der Waals surface area contributed by atoms with Crippen molar-refractivity contribution >= 4 is 10.9 Å². The Morgan fingerprint density at radius 2 is 2.15 bits per heavy atom. The van der Waals surface area contributed by atoms with Gasteiger partial charge in [0.1, 0.15) is 0 Å². The summed E-state index contributed by atoms with van der Waals surface area (Å²) in [4.78, 5) is 14.7. The SMILES string of the molecule is Cc1ccc2c(=O)oc([O])nc2c1. The molecule has 1 heterocycles. The lowest BCUT2D eigenvalue weighted by Crippen LogP contribution is -2.00. The number of rotatable bonds is 0. The van der Waals surface area contributed by atoms with Gasteiger partial charge in [-0.2, -0.15) is 4.98 Å². The Labute approximate surface area is 73.5 Å². The molecule has 13 heavy (non-hydrogen) atoms. The molecule has 0 bridgehead atoms. The van der Waals surface area contributed by atoms with Crippen LogP contribution in [-0.2, 0) is 5.11 Å². The van der Waals surface area contributed by atoms with Crippen LogP contribution in [0.5, 0.6) is 6.08 Å². The predicted molar refractivity (Wildman–Crippen MR) is 45.1 cm³/mol. The zero-order valence-electron chi connectivity index (χ0n) is 6.90. The van der Waals surface area contributed by atoms with E-state index < -0.39 is 11.7 Å². The van der Waals surface area contributed by atoms with Crippen molar-refractivity contribution in [2.45, 2.75) is 6.92 Å². The van der Waals surface area contributed by atoms with Crippen LogP contribution in [0.25, 0.3) is 10.9 Å². The van der Waals surface area contributed by atoms with Gasteiger partial charge in [-0.1, -0.05) is 6.07 Å². The highest BCUT2D eigenvalue weighted by atomic mass is 16.5. The number of aromatic nitrogens is 1. The number of fused-ring (bicyclic) bond motifs is 1. The van der Waals surface area contributed by atoms with Gasteiger partial charge in [0.15, 0.2) is 0 Å². The summed E-state index contributed by atoms with van der Waals surface area (Å²) in [5, 5.41) is 11.1. The molecule has 0 aliphatic rings. The number of hydrogen-bond donors (Lipinski definition) is 0. The van der Waals surface area contributed by atoms with E-state index in [9.17, 15) is 9.90 Å². The Hall–Kier alpha value is -1.84. The van der Waals surface area contributed by atoms with Crippen LogP contribution >= 0.6 is 0 Å². The molecule has 4 nitrogen and oxygen atoms in total. The van der Waals surface area contributed by atoms with Crippen LogP contribution < -0.4 is 5.63 Å². The summed E-state index contributed by atoms with van der Waals surface area (Å²) >= 11 is 0. The second-order valence-electron chi connectivity index (χ2n) is 2.79. The smallest absolute Gasteiger partial charge is 0.371 e. The molecule has 65 valence electrons. The van der Waals surface area contributed by atoms with E-state index in [4.69, 9.17) is 0 Å². The van der Waals surface area contributed by atoms with E-state index in [-0.39, 0.29) is 0 Å². The highest BCUT2D eigenvalue weighted by Gasteiger charge is 2.05. The largest absolute Gasteiger partial charge is 0.442 e. The lowest BCUT2D eigenvalue weighted by molar-refractivity contribution is 0.220. The van der Waals surface area contributed by atoms with Crippen LogP contribution in [0.4, 0.5) is 0 Å². The lowest BCUT2D eigenvalue weighted by atomic mass is 10.2. The summed E-state index contributed by atoms with van der Waals surface area (Å²) in [7, 11) is 0. The molecule has 0 atom stereocenters. The lowest BCUT2D eigenvalue weighted by Gasteiger charge is -1.95. The van der Waals surface area contributed by atoms with E-state index >= 15 is 0 Å². The second kappa shape index (κ2) is 2.58. The summed E-state index contributed by atoms with van der Waals surface area (Å²) in [6, 6.07) is 5.04. The molecule has 4 heteroatoms. The van der Waals surface area contributed by atoms with Crippen molar-refractivity contribution in [3.8, 4) is 6.08 Å². The molecule has 2 aromatic rings. The molecule has 0 saturated heterocycles. The van der Waals surface area contributed by atoms with Gasteiger partial charge in [0.05, 0.1) is 10.9 Å². The Balaban J connectivity index is 2.95. The summed E-state index contributed by atoms with van der Waals surface area (Å²) in [6.45, 7) is 1.86. The monoisotopic (exact) mass is 176 g/mol. The highest BCUT2D eigenvalue weighted by Crippen LogP contribution is 2.12. The maximum atomic E-state index is 11.1. The average molecular weight is 176 g/mol. The quantitative estimate of drug-likeness (QED) is 0.612. The van der Waals surface area contributed by atoms with Crippen LogP contribution in [0.15, 0.2) is 27.4 Å². The van der Waals surface area contributed by atoms with Gasteiger partial charge in [-0.3, -0.25) is 0 Å². The van der Waals surface area contributed by atoms with E-state index in [1.165, 1.54) is 0 Å². The normalized spacial score (nSPS) is 10.5. The van der Waals surface area contributed by atoms with E-state index in [0.717, 1.165) is 5.56 Å². The van der Waals surface area contributed by atoms with Gasteiger partial charge < -0.3 is 4.42 Å². The molecule has 0 N–H and O–H groups in total. The maximum absolute atomic E-state index is 11.1. The molecule has 1 aromatic carbocycles. The molecule has 1 aromatic heterocycles. The summed E-state index contributed by atoms with van der Waals surface area (Å²) in [5.74, 6) is 0. The number of benzene rings is 1. The van der Waals surface area contributed by atoms with Crippen molar-refractivity contribution in [2.24, 2.45) is 0 Å².